The number of hydrogen-bond acceptors (Lipinski definition) is 7. The molecule has 2 aromatic heterocycles. The molecule has 1 amide bonds. The first-order chi connectivity index (χ1) is 17.4. The highest BCUT2D eigenvalue weighted by atomic mass is 35.5. The number of Topliss-reactive ketones (excluding diaryl/α,β-unsaturated/α-hetero) is 1. The maximum absolute atomic E-state index is 13.4. The van der Waals surface area contributed by atoms with E-state index in [0.29, 0.717) is 33.4 Å². The van der Waals surface area contributed by atoms with Gasteiger partial charge in [-0.2, -0.15) is 0 Å². The van der Waals surface area contributed by atoms with Crippen molar-refractivity contribution in [3.63, 3.8) is 0 Å². The lowest BCUT2D eigenvalue weighted by atomic mass is 9.95. The maximum atomic E-state index is 13.4. The number of aromatic nitrogens is 2. The molecular weight excluding hydrogens is 498 g/mol. The number of carbonyl (C=O) groups excluding carboxylic acids is 2. The van der Waals surface area contributed by atoms with Crippen molar-refractivity contribution in [2.75, 3.05) is 11.5 Å². The number of amides is 1. The number of aliphatic hydroxyl groups excluding tert-OH is 1. The lowest BCUT2D eigenvalue weighted by molar-refractivity contribution is -0.132. The molecule has 180 valence electrons. The fourth-order valence-electron chi connectivity index (χ4n) is 4.69. The van der Waals surface area contributed by atoms with Gasteiger partial charge in [-0.3, -0.25) is 19.5 Å². The quantitative estimate of drug-likeness (QED) is 0.216. The van der Waals surface area contributed by atoms with Crippen LogP contribution < -0.4 is 9.64 Å². The van der Waals surface area contributed by atoms with Crippen molar-refractivity contribution in [2.45, 2.75) is 25.8 Å². The van der Waals surface area contributed by atoms with Crippen LogP contribution in [-0.2, 0) is 16.0 Å². The molecule has 0 saturated carbocycles. The van der Waals surface area contributed by atoms with Crippen molar-refractivity contribution in [3.8, 4) is 5.75 Å². The molecule has 7 nitrogen and oxygen atoms in total. The third-order valence-corrected chi connectivity index (χ3v) is 7.91. The van der Waals surface area contributed by atoms with Gasteiger partial charge in [0, 0.05) is 23.0 Å². The highest BCUT2D eigenvalue weighted by Crippen LogP contribution is 2.45. The van der Waals surface area contributed by atoms with E-state index in [1.165, 1.54) is 16.2 Å². The summed E-state index contributed by atoms with van der Waals surface area (Å²) in [5, 5.41) is 12.3. The standard InChI is InChI=1S/C27H20ClN3O4S/c1-14-10-21-19(12-18(14)28)30-27(36-21)31-23(17-4-2-8-29-13-17)22(25(33)26(31)34)24(32)16-6-7-20-15(11-16)5-3-9-35-20/h2,4,6-8,10-13,23,32H,3,5,9H2,1H3/b24-22+. The number of aryl methyl sites for hydroxylation is 2. The molecule has 6 rings (SSSR count). The second-order valence-electron chi connectivity index (χ2n) is 8.80. The summed E-state index contributed by atoms with van der Waals surface area (Å²) in [4.78, 5) is 37.0. The molecule has 9 heteroatoms. The molecule has 1 N–H and O–H groups in total. The SMILES string of the molecule is Cc1cc2sc(N3C(=O)C(=O)/C(=C(/O)c4ccc5c(c4)CCCO5)C3c3cccnc3)nc2cc1Cl. The van der Waals surface area contributed by atoms with Crippen LogP contribution in [0.15, 0.2) is 60.4 Å². The summed E-state index contributed by atoms with van der Waals surface area (Å²) in [7, 11) is 0. The number of fused-ring (bicyclic) bond motifs is 2. The highest BCUT2D eigenvalue weighted by molar-refractivity contribution is 7.22. The summed E-state index contributed by atoms with van der Waals surface area (Å²) in [6, 6.07) is 11.6. The minimum Gasteiger partial charge on any atom is -0.507 e. The molecule has 0 aliphatic carbocycles. The molecule has 2 aliphatic rings. The zero-order valence-electron chi connectivity index (χ0n) is 19.2. The first-order valence-electron chi connectivity index (χ1n) is 11.5. The van der Waals surface area contributed by atoms with Crippen molar-refractivity contribution in [1.29, 1.82) is 0 Å². The summed E-state index contributed by atoms with van der Waals surface area (Å²) in [5.41, 5.74) is 3.52. The van der Waals surface area contributed by atoms with Crippen molar-refractivity contribution >= 4 is 55.7 Å². The van der Waals surface area contributed by atoms with E-state index in [4.69, 9.17) is 16.3 Å². The lowest BCUT2D eigenvalue weighted by Gasteiger charge is -2.23. The van der Waals surface area contributed by atoms with E-state index in [-0.39, 0.29) is 11.3 Å². The molecule has 1 atom stereocenters. The zero-order valence-corrected chi connectivity index (χ0v) is 20.8. The van der Waals surface area contributed by atoms with Gasteiger partial charge in [0.1, 0.15) is 11.5 Å². The number of benzene rings is 2. The molecule has 36 heavy (non-hydrogen) atoms. The van der Waals surface area contributed by atoms with E-state index in [9.17, 15) is 14.7 Å². The Morgan fingerprint density at radius 3 is 2.89 bits per heavy atom. The highest BCUT2D eigenvalue weighted by Gasteiger charge is 2.48. The number of hydrogen-bond donors (Lipinski definition) is 1. The second-order valence-corrected chi connectivity index (χ2v) is 10.2. The van der Waals surface area contributed by atoms with Crippen LogP contribution in [0.25, 0.3) is 16.0 Å². The van der Waals surface area contributed by atoms with E-state index in [0.717, 1.165) is 34.4 Å². The van der Waals surface area contributed by atoms with Crippen molar-refractivity contribution < 1.29 is 19.4 Å². The Balaban J connectivity index is 1.53. The molecule has 1 fully saturated rings. The summed E-state index contributed by atoms with van der Waals surface area (Å²) in [6.45, 7) is 2.55. The predicted molar refractivity (Wildman–Crippen MR) is 139 cm³/mol. The van der Waals surface area contributed by atoms with Crippen LogP contribution in [0.4, 0.5) is 5.13 Å². The maximum Gasteiger partial charge on any atom is 0.301 e. The van der Waals surface area contributed by atoms with Gasteiger partial charge >= 0.3 is 5.91 Å². The molecule has 1 saturated heterocycles. The van der Waals surface area contributed by atoms with Crippen LogP contribution in [0.5, 0.6) is 5.75 Å². The largest absolute Gasteiger partial charge is 0.507 e. The van der Waals surface area contributed by atoms with E-state index >= 15 is 0 Å². The summed E-state index contributed by atoms with van der Waals surface area (Å²) in [5.74, 6) is -0.999. The fraction of sp³-hybridized carbons (Fsp3) is 0.185. The summed E-state index contributed by atoms with van der Waals surface area (Å²) >= 11 is 7.58. The molecular formula is C27H20ClN3O4S. The third kappa shape index (κ3) is 3.65. The van der Waals surface area contributed by atoms with Gasteiger partial charge < -0.3 is 9.84 Å². The van der Waals surface area contributed by atoms with Gasteiger partial charge in [0.25, 0.3) is 5.78 Å². The molecule has 0 radical (unpaired) electrons. The van der Waals surface area contributed by atoms with Gasteiger partial charge in [-0.1, -0.05) is 29.0 Å². The number of ether oxygens (including phenoxy) is 1. The minimum atomic E-state index is -0.886. The monoisotopic (exact) mass is 517 g/mol. The lowest BCUT2D eigenvalue weighted by Crippen LogP contribution is -2.29. The van der Waals surface area contributed by atoms with Crippen molar-refractivity contribution in [2.24, 2.45) is 0 Å². The average Bonchev–Trinajstić information content (AvgIpc) is 3.41. The first kappa shape index (κ1) is 22.7. The topological polar surface area (TPSA) is 92.6 Å². The van der Waals surface area contributed by atoms with E-state index in [1.54, 1.807) is 42.7 Å². The van der Waals surface area contributed by atoms with Crippen LogP contribution in [0.3, 0.4) is 0 Å². The van der Waals surface area contributed by atoms with Gasteiger partial charge in [0.2, 0.25) is 0 Å². The zero-order chi connectivity index (χ0) is 25.0. The van der Waals surface area contributed by atoms with E-state index in [2.05, 4.69) is 9.97 Å². The molecule has 1 unspecified atom stereocenters. The number of rotatable bonds is 3. The smallest absolute Gasteiger partial charge is 0.301 e. The minimum absolute atomic E-state index is 0.00172. The molecule has 4 aromatic rings. The number of pyridine rings is 1. The fourth-order valence-corrected chi connectivity index (χ4v) is 5.92. The average molecular weight is 518 g/mol. The molecule has 2 aliphatic heterocycles. The number of carbonyl (C=O) groups is 2. The van der Waals surface area contributed by atoms with Crippen LogP contribution in [0.2, 0.25) is 5.02 Å². The van der Waals surface area contributed by atoms with Crippen LogP contribution in [0, 0.1) is 6.92 Å². The van der Waals surface area contributed by atoms with Crippen molar-refractivity contribution in [1.82, 2.24) is 9.97 Å². The van der Waals surface area contributed by atoms with Crippen LogP contribution in [-0.4, -0.2) is 33.4 Å². The predicted octanol–water partition coefficient (Wildman–Crippen LogP) is 5.60. The van der Waals surface area contributed by atoms with Crippen molar-refractivity contribution in [3.05, 3.63) is 87.7 Å². The van der Waals surface area contributed by atoms with Gasteiger partial charge in [-0.05, 0) is 72.9 Å². The Morgan fingerprint density at radius 2 is 2.08 bits per heavy atom. The van der Waals surface area contributed by atoms with Crippen LogP contribution >= 0.6 is 22.9 Å². The van der Waals surface area contributed by atoms with E-state index < -0.39 is 17.7 Å². The van der Waals surface area contributed by atoms with Gasteiger partial charge in [-0.25, -0.2) is 4.98 Å². The Labute approximate surface area is 215 Å². The third-order valence-electron chi connectivity index (χ3n) is 6.49. The van der Waals surface area contributed by atoms with Crippen LogP contribution in [0.1, 0.15) is 34.7 Å². The van der Waals surface area contributed by atoms with Gasteiger partial charge in [-0.15, -0.1) is 0 Å². The molecule has 0 bridgehead atoms. The first-order valence-corrected chi connectivity index (χ1v) is 12.7. The Morgan fingerprint density at radius 1 is 1.22 bits per heavy atom. The van der Waals surface area contributed by atoms with Gasteiger partial charge in [0.05, 0.1) is 28.4 Å². The normalized spacial score (nSPS) is 18.9. The summed E-state index contributed by atoms with van der Waals surface area (Å²) in [6.07, 6.45) is 4.89. The second kappa shape index (κ2) is 8.72. The number of halogens is 1. The molecule has 0 spiro atoms. The number of thiazole rings is 1. The Bertz CT molecular complexity index is 1540. The van der Waals surface area contributed by atoms with E-state index in [1.807, 2.05) is 19.1 Å². The number of anilines is 1. The van der Waals surface area contributed by atoms with Gasteiger partial charge in [0.15, 0.2) is 5.13 Å². The number of aliphatic hydroxyl groups is 1. The molecule has 4 heterocycles. The Kier molecular flexibility index (Phi) is 5.50. The number of ketones is 1. The summed E-state index contributed by atoms with van der Waals surface area (Å²) < 4.78 is 6.52. The Hall–Kier alpha value is -3.75. The molecule has 2 aromatic carbocycles. The number of nitrogens with zero attached hydrogens (tertiary/aromatic N) is 3.